The summed E-state index contributed by atoms with van der Waals surface area (Å²) in [5, 5.41) is 0. The van der Waals surface area contributed by atoms with Crippen LogP contribution in [0.25, 0.3) is 0 Å². The van der Waals surface area contributed by atoms with Crippen molar-refractivity contribution in [3.05, 3.63) is 143 Å². The van der Waals surface area contributed by atoms with E-state index in [0.717, 1.165) is 13.1 Å². The van der Waals surface area contributed by atoms with Crippen LogP contribution in [0.15, 0.2) is 115 Å². The highest BCUT2D eigenvalue weighted by Crippen LogP contribution is 2.30. The second-order valence-electron chi connectivity index (χ2n) is 8.79. The number of benzene rings is 4. The molecule has 1 amide bonds. The molecular formula is C31H28N2O2. The molecule has 4 aromatic carbocycles. The number of hydrogen-bond donors (Lipinski definition) is 0. The first kappa shape index (κ1) is 22.8. The van der Waals surface area contributed by atoms with Crippen molar-refractivity contribution in [2.75, 3.05) is 26.2 Å². The summed E-state index contributed by atoms with van der Waals surface area (Å²) in [6.07, 6.45) is 0. The Hall–Kier alpha value is -4.02. The van der Waals surface area contributed by atoms with Crippen molar-refractivity contribution in [2.45, 2.75) is 6.04 Å². The molecule has 1 aliphatic heterocycles. The summed E-state index contributed by atoms with van der Waals surface area (Å²) in [5.74, 6) is -0.207. The number of ketones is 1. The van der Waals surface area contributed by atoms with Crippen LogP contribution in [0.3, 0.4) is 0 Å². The molecule has 0 bridgehead atoms. The maximum atomic E-state index is 13.5. The highest BCUT2D eigenvalue weighted by Gasteiger charge is 2.30. The minimum absolute atomic E-state index is 0.0829. The molecule has 1 aliphatic rings. The number of amides is 1. The second-order valence-corrected chi connectivity index (χ2v) is 8.79. The van der Waals surface area contributed by atoms with Crippen molar-refractivity contribution in [3.8, 4) is 0 Å². The van der Waals surface area contributed by atoms with E-state index in [1.807, 2.05) is 47.4 Å². The highest BCUT2D eigenvalue weighted by atomic mass is 16.2. The van der Waals surface area contributed by atoms with Gasteiger partial charge in [0.1, 0.15) is 0 Å². The lowest BCUT2D eigenvalue weighted by Crippen LogP contribution is -2.50. The van der Waals surface area contributed by atoms with E-state index in [1.165, 1.54) is 11.1 Å². The van der Waals surface area contributed by atoms with E-state index in [-0.39, 0.29) is 17.7 Å². The van der Waals surface area contributed by atoms with Crippen LogP contribution in [0, 0.1) is 0 Å². The molecule has 1 heterocycles. The van der Waals surface area contributed by atoms with E-state index >= 15 is 0 Å². The van der Waals surface area contributed by atoms with E-state index in [2.05, 4.69) is 53.4 Å². The Bertz CT molecular complexity index is 1240. The quantitative estimate of drug-likeness (QED) is 0.359. The average Bonchev–Trinajstić information content (AvgIpc) is 2.94. The predicted octanol–water partition coefficient (Wildman–Crippen LogP) is 5.47. The highest BCUT2D eigenvalue weighted by molar-refractivity contribution is 6.15. The van der Waals surface area contributed by atoms with Gasteiger partial charge in [-0.3, -0.25) is 14.5 Å². The monoisotopic (exact) mass is 460 g/mol. The SMILES string of the molecule is O=C(c1ccccc1)c1ccccc1C(=O)N1CCN(C(c2ccccc2)c2ccccc2)CC1. The zero-order chi connectivity index (χ0) is 24.0. The number of rotatable bonds is 6. The van der Waals surface area contributed by atoms with Gasteiger partial charge in [0.05, 0.1) is 11.6 Å². The van der Waals surface area contributed by atoms with E-state index in [0.29, 0.717) is 29.8 Å². The molecule has 0 aromatic heterocycles. The Balaban J connectivity index is 1.35. The molecule has 4 nitrogen and oxygen atoms in total. The fourth-order valence-electron chi connectivity index (χ4n) is 4.85. The molecule has 0 N–H and O–H groups in total. The summed E-state index contributed by atoms with van der Waals surface area (Å²) in [6, 6.07) is 37.5. The zero-order valence-electron chi connectivity index (χ0n) is 19.6. The fraction of sp³-hybridized carbons (Fsp3) is 0.161. The van der Waals surface area contributed by atoms with Crippen LogP contribution < -0.4 is 0 Å². The molecule has 0 aliphatic carbocycles. The molecule has 0 spiro atoms. The summed E-state index contributed by atoms with van der Waals surface area (Å²) in [5.41, 5.74) is 4.01. The number of hydrogen-bond acceptors (Lipinski definition) is 3. The van der Waals surface area contributed by atoms with Gasteiger partial charge in [0.15, 0.2) is 5.78 Å². The number of piperazine rings is 1. The van der Waals surface area contributed by atoms with Crippen molar-refractivity contribution in [1.82, 2.24) is 9.80 Å². The van der Waals surface area contributed by atoms with Crippen LogP contribution in [0.5, 0.6) is 0 Å². The smallest absolute Gasteiger partial charge is 0.254 e. The lowest BCUT2D eigenvalue weighted by molar-refractivity contribution is 0.0595. The maximum Gasteiger partial charge on any atom is 0.254 e. The normalized spacial score (nSPS) is 14.1. The lowest BCUT2D eigenvalue weighted by Gasteiger charge is -2.40. The van der Waals surface area contributed by atoms with Crippen LogP contribution in [0.4, 0.5) is 0 Å². The third-order valence-corrected chi connectivity index (χ3v) is 6.64. The minimum atomic E-state index is -0.124. The van der Waals surface area contributed by atoms with Crippen molar-refractivity contribution in [1.29, 1.82) is 0 Å². The molecule has 1 fully saturated rings. The lowest BCUT2D eigenvalue weighted by atomic mass is 9.96. The van der Waals surface area contributed by atoms with Crippen molar-refractivity contribution < 1.29 is 9.59 Å². The Morgan fingerprint density at radius 3 is 1.54 bits per heavy atom. The first-order valence-electron chi connectivity index (χ1n) is 12.0. The van der Waals surface area contributed by atoms with Gasteiger partial charge in [0.2, 0.25) is 0 Å². The predicted molar refractivity (Wildman–Crippen MR) is 139 cm³/mol. The van der Waals surface area contributed by atoms with Gasteiger partial charge in [-0.05, 0) is 17.2 Å². The first-order chi connectivity index (χ1) is 17.2. The summed E-state index contributed by atoms with van der Waals surface area (Å²) >= 11 is 0. The Kier molecular flexibility index (Phi) is 6.82. The largest absolute Gasteiger partial charge is 0.336 e. The Labute approximate surface area is 206 Å². The molecule has 0 atom stereocenters. The number of carbonyl (C=O) groups excluding carboxylic acids is 2. The van der Waals surface area contributed by atoms with Gasteiger partial charge in [0.25, 0.3) is 5.91 Å². The molecule has 0 saturated carbocycles. The van der Waals surface area contributed by atoms with Crippen LogP contribution in [0.1, 0.15) is 43.4 Å². The summed E-state index contributed by atoms with van der Waals surface area (Å²) < 4.78 is 0. The van der Waals surface area contributed by atoms with Crippen LogP contribution in [-0.2, 0) is 0 Å². The maximum absolute atomic E-state index is 13.5. The van der Waals surface area contributed by atoms with Gasteiger partial charge in [0, 0.05) is 37.3 Å². The van der Waals surface area contributed by atoms with Gasteiger partial charge in [-0.2, -0.15) is 0 Å². The first-order valence-corrected chi connectivity index (χ1v) is 12.0. The third-order valence-electron chi connectivity index (χ3n) is 6.64. The zero-order valence-corrected chi connectivity index (χ0v) is 19.6. The Morgan fingerprint density at radius 2 is 1.00 bits per heavy atom. The second kappa shape index (κ2) is 10.5. The van der Waals surface area contributed by atoms with E-state index < -0.39 is 0 Å². The van der Waals surface area contributed by atoms with Crippen molar-refractivity contribution in [2.24, 2.45) is 0 Å². The average molecular weight is 461 g/mol. The molecule has 1 saturated heterocycles. The molecule has 174 valence electrons. The topological polar surface area (TPSA) is 40.6 Å². The molecule has 4 heteroatoms. The molecule has 0 radical (unpaired) electrons. The third kappa shape index (κ3) is 4.93. The van der Waals surface area contributed by atoms with Gasteiger partial charge in [-0.1, -0.05) is 109 Å². The van der Waals surface area contributed by atoms with Crippen LogP contribution >= 0.6 is 0 Å². The summed E-state index contributed by atoms with van der Waals surface area (Å²) in [7, 11) is 0. The van der Waals surface area contributed by atoms with Crippen LogP contribution in [-0.4, -0.2) is 47.7 Å². The van der Waals surface area contributed by atoms with Gasteiger partial charge < -0.3 is 4.90 Å². The molecule has 5 rings (SSSR count). The van der Waals surface area contributed by atoms with E-state index in [9.17, 15) is 9.59 Å². The van der Waals surface area contributed by atoms with Gasteiger partial charge in [-0.15, -0.1) is 0 Å². The standard InChI is InChI=1S/C31H28N2O2/c34-30(26-16-8-3-9-17-26)27-18-10-11-19-28(27)31(35)33-22-20-32(21-23-33)29(24-12-4-1-5-13-24)25-14-6-2-7-15-25/h1-19,29H,20-23H2. The molecule has 0 unspecified atom stereocenters. The van der Waals surface area contributed by atoms with Crippen LogP contribution in [0.2, 0.25) is 0 Å². The number of carbonyl (C=O) groups is 2. The molecular weight excluding hydrogens is 432 g/mol. The van der Waals surface area contributed by atoms with Gasteiger partial charge >= 0.3 is 0 Å². The van der Waals surface area contributed by atoms with E-state index in [1.54, 1.807) is 24.3 Å². The molecule has 4 aromatic rings. The summed E-state index contributed by atoms with van der Waals surface area (Å²) in [6.45, 7) is 2.75. The molecule has 35 heavy (non-hydrogen) atoms. The summed E-state index contributed by atoms with van der Waals surface area (Å²) in [4.78, 5) is 31.0. The number of nitrogens with zero attached hydrogens (tertiary/aromatic N) is 2. The minimum Gasteiger partial charge on any atom is -0.336 e. The van der Waals surface area contributed by atoms with Gasteiger partial charge in [-0.25, -0.2) is 0 Å². The Morgan fingerprint density at radius 1 is 0.543 bits per heavy atom. The van der Waals surface area contributed by atoms with E-state index in [4.69, 9.17) is 0 Å². The fourth-order valence-corrected chi connectivity index (χ4v) is 4.85. The van der Waals surface area contributed by atoms with Crippen molar-refractivity contribution >= 4 is 11.7 Å². The van der Waals surface area contributed by atoms with Crippen molar-refractivity contribution in [3.63, 3.8) is 0 Å².